The lowest BCUT2D eigenvalue weighted by Crippen LogP contribution is -1.72. The third-order valence-corrected chi connectivity index (χ3v) is 0.612. The second-order valence-corrected chi connectivity index (χ2v) is 1.25. The van der Waals surface area contributed by atoms with Gasteiger partial charge in [0, 0.05) is 0 Å². The molecule has 0 fully saturated rings. The lowest BCUT2D eigenvalue weighted by atomic mass is 10.8. The van der Waals surface area contributed by atoms with Crippen LogP contribution in [0.25, 0.3) is 10.8 Å². The number of azo groups is 1. The summed E-state index contributed by atoms with van der Waals surface area (Å²) in [5.74, 6) is 0.960. The van der Waals surface area contributed by atoms with E-state index in [-0.39, 0.29) is 0 Å². The molecule has 0 saturated heterocycles. The topological polar surface area (TPSA) is 128 Å². The maximum absolute atomic E-state index is 9.66. The molecule has 0 heterocycles. The molecule has 0 N–H and O–H groups in total. The van der Waals surface area contributed by atoms with Crippen molar-refractivity contribution in [3.63, 3.8) is 0 Å². The lowest BCUT2D eigenvalue weighted by molar-refractivity contribution is 1.05. The molecule has 8 nitrogen and oxygen atoms in total. The maximum atomic E-state index is 9.66. The zero-order valence-corrected chi connectivity index (χ0v) is 5.50. The first kappa shape index (κ1) is 9.70. The summed E-state index contributed by atoms with van der Waals surface area (Å²) in [6.07, 6.45) is 0. The Kier molecular flexibility index (Phi) is 4.43. The number of hydrogen-bond donors (Lipinski definition) is 0. The third kappa shape index (κ3) is 3.02. The van der Waals surface area contributed by atoms with Gasteiger partial charge in [-0.15, -0.1) is 20.0 Å². The molecule has 0 atom stereocenters. The quantitative estimate of drug-likeness (QED) is 0.350. The van der Waals surface area contributed by atoms with Gasteiger partial charge in [-0.05, 0) is 10.4 Å². The number of rotatable bonds is 4. The second kappa shape index (κ2) is 5.48. The fourth-order valence-electron chi connectivity index (χ4n) is 0.217. The predicted octanol–water partition coefficient (Wildman–Crippen LogP) is 1.13. The van der Waals surface area contributed by atoms with E-state index in [0.29, 0.717) is 0 Å². The summed E-state index contributed by atoms with van der Waals surface area (Å²) in [7, 11) is 0. The van der Waals surface area contributed by atoms with Crippen molar-refractivity contribution in [3.8, 4) is 0 Å². The van der Waals surface area contributed by atoms with E-state index in [9.17, 15) is 9.81 Å². The average Bonchev–Trinajstić information content (AvgIpc) is 2.13. The fraction of sp³-hybridized carbons (Fsp3) is 0. The molecule has 60 valence electrons. The highest BCUT2D eigenvalue weighted by Crippen LogP contribution is 1.98. The Morgan fingerprint density at radius 2 is 1.25 bits per heavy atom. The van der Waals surface area contributed by atoms with E-state index in [1.54, 1.807) is 0 Å². The van der Waals surface area contributed by atoms with Gasteiger partial charge in [0.25, 0.3) is 0 Å². The summed E-state index contributed by atoms with van der Waals surface area (Å²) in [4.78, 5) is 19.3. The van der Waals surface area contributed by atoms with E-state index >= 15 is 0 Å². The van der Waals surface area contributed by atoms with E-state index in [2.05, 4.69) is 20.6 Å². The van der Waals surface area contributed by atoms with Crippen LogP contribution < -0.4 is 0 Å². The predicted molar refractivity (Wildman–Crippen MR) is 40.2 cm³/mol. The molecule has 0 amide bonds. The molecule has 0 aliphatic heterocycles. The molecule has 0 rings (SSSR count). The summed E-state index contributed by atoms with van der Waals surface area (Å²) in [6.45, 7) is 0. The Morgan fingerprint density at radius 1 is 0.917 bits per heavy atom. The summed E-state index contributed by atoms with van der Waals surface area (Å²) in [6, 6.07) is 0. The van der Waals surface area contributed by atoms with Crippen LogP contribution >= 0.6 is 0 Å². The first-order valence-electron chi connectivity index (χ1n) is 2.41. The van der Waals surface area contributed by atoms with Gasteiger partial charge in [0.1, 0.15) is 0 Å². The Bertz CT molecular complexity index is 286. The molecule has 0 aromatic rings. The molecule has 0 aliphatic carbocycles. The molecule has 8 heteroatoms. The van der Waals surface area contributed by atoms with Crippen molar-refractivity contribution >= 4 is 11.7 Å². The standard InChI is InChI=1S/C4N6O2/c5-1-3(9-11)7-8-4(2-6)10-12/q-2/b8-7-. The highest BCUT2D eigenvalue weighted by Gasteiger charge is 1.89. The molecule has 0 spiro atoms. The van der Waals surface area contributed by atoms with Gasteiger partial charge in [-0.3, -0.25) is 0 Å². The molecular formula is C4N6O2-2. The first-order valence-corrected chi connectivity index (χ1v) is 2.41. The summed E-state index contributed by atoms with van der Waals surface area (Å²) in [5.41, 5.74) is 0. The largest absolute Gasteiger partial charge is 0.760 e. The Morgan fingerprint density at radius 3 is 1.42 bits per heavy atom. The van der Waals surface area contributed by atoms with Crippen LogP contribution in [0, 0.1) is 9.81 Å². The van der Waals surface area contributed by atoms with Crippen LogP contribution in [0.4, 0.5) is 0 Å². The maximum Gasteiger partial charge on any atom is 0.237 e. The Balaban J connectivity index is 4.64. The molecule has 12 heavy (non-hydrogen) atoms. The second-order valence-electron chi connectivity index (χ2n) is 1.25. The first-order chi connectivity index (χ1) is 5.78. The smallest absolute Gasteiger partial charge is 0.237 e. The molecule has 0 aromatic carbocycles. The number of nitroso groups, excluding NO2 is 2. The van der Waals surface area contributed by atoms with Gasteiger partial charge in [0.2, 0.25) is 11.6 Å². The third-order valence-electron chi connectivity index (χ3n) is 0.612. The van der Waals surface area contributed by atoms with Crippen molar-refractivity contribution in [1.29, 1.82) is 0 Å². The molecule has 0 unspecified atom stereocenters. The molecule has 0 bridgehead atoms. The van der Waals surface area contributed by atoms with E-state index < -0.39 is 11.6 Å². The van der Waals surface area contributed by atoms with Crippen molar-refractivity contribution in [3.05, 3.63) is 32.3 Å². The molecule has 0 aliphatic rings. The lowest BCUT2D eigenvalue weighted by Gasteiger charge is -1.83. The summed E-state index contributed by atoms with van der Waals surface area (Å²) < 4.78 is 0. The Hall–Kier alpha value is -2.30. The summed E-state index contributed by atoms with van der Waals surface area (Å²) >= 11 is 0. The van der Waals surface area contributed by atoms with Crippen LogP contribution in [-0.4, -0.2) is 11.7 Å². The average molecular weight is 164 g/mol. The minimum absolute atomic E-state index is 0.786. The normalized spacial score (nSPS) is 8.33. The highest BCUT2D eigenvalue weighted by molar-refractivity contribution is 5.61. The van der Waals surface area contributed by atoms with Crippen LogP contribution in [0.1, 0.15) is 0 Å². The van der Waals surface area contributed by atoms with E-state index in [1.807, 2.05) is 0 Å². The van der Waals surface area contributed by atoms with Crippen molar-refractivity contribution < 1.29 is 0 Å². The SMILES string of the molecule is [N-]=C=C(N=O)/N=N\C(=C=[N-])N=O. The van der Waals surface area contributed by atoms with E-state index in [1.165, 1.54) is 11.7 Å². The highest BCUT2D eigenvalue weighted by atomic mass is 16.3. The van der Waals surface area contributed by atoms with Crippen molar-refractivity contribution in [2.45, 2.75) is 0 Å². The Labute approximate surface area is 65.7 Å². The fourth-order valence-corrected chi connectivity index (χ4v) is 0.217. The van der Waals surface area contributed by atoms with Gasteiger partial charge < -0.3 is 10.8 Å². The van der Waals surface area contributed by atoms with E-state index in [4.69, 9.17) is 10.8 Å². The van der Waals surface area contributed by atoms with Crippen LogP contribution in [0.15, 0.2) is 32.2 Å². The minimum Gasteiger partial charge on any atom is -0.760 e. The van der Waals surface area contributed by atoms with Crippen LogP contribution in [0.2, 0.25) is 0 Å². The van der Waals surface area contributed by atoms with Crippen molar-refractivity contribution in [1.82, 2.24) is 0 Å². The number of nitrogens with zero attached hydrogens (tertiary/aromatic N) is 6. The van der Waals surface area contributed by atoms with Gasteiger partial charge in [-0.25, -0.2) is 11.7 Å². The molecule has 0 aromatic heterocycles. The van der Waals surface area contributed by atoms with Crippen LogP contribution in [0.5, 0.6) is 0 Å². The molecule has 0 saturated carbocycles. The van der Waals surface area contributed by atoms with E-state index in [0.717, 1.165) is 0 Å². The minimum atomic E-state index is -0.786. The van der Waals surface area contributed by atoms with Gasteiger partial charge in [0.15, 0.2) is 0 Å². The molecule has 0 radical (unpaired) electrons. The zero-order chi connectivity index (χ0) is 9.40. The van der Waals surface area contributed by atoms with Gasteiger partial charge in [0.05, 0.1) is 0 Å². The number of hydrogen-bond acceptors (Lipinski definition) is 6. The van der Waals surface area contributed by atoms with Gasteiger partial charge in [-0.1, -0.05) is 0 Å². The monoisotopic (exact) mass is 164 g/mol. The van der Waals surface area contributed by atoms with Crippen molar-refractivity contribution in [2.24, 2.45) is 20.6 Å². The van der Waals surface area contributed by atoms with Crippen molar-refractivity contribution in [2.75, 3.05) is 0 Å². The molecular weight excluding hydrogens is 164 g/mol. The van der Waals surface area contributed by atoms with Crippen LogP contribution in [-0.2, 0) is 0 Å². The summed E-state index contributed by atoms with van der Waals surface area (Å²) in [5, 5.41) is 26.1. The van der Waals surface area contributed by atoms with Crippen LogP contribution in [0.3, 0.4) is 0 Å². The van der Waals surface area contributed by atoms with Gasteiger partial charge >= 0.3 is 0 Å². The zero-order valence-electron chi connectivity index (χ0n) is 5.50. The van der Waals surface area contributed by atoms with Gasteiger partial charge in [-0.2, -0.15) is 0 Å².